The average Bonchev–Trinajstić information content (AvgIpc) is 3.26. The first-order valence-electron chi connectivity index (χ1n) is 7.73. The van der Waals surface area contributed by atoms with Gasteiger partial charge in [0.1, 0.15) is 10.8 Å². The molecule has 0 atom stereocenters. The molecule has 134 valence electrons. The second-order valence-corrected chi connectivity index (χ2v) is 8.81. The van der Waals surface area contributed by atoms with E-state index in [1.807, 2.05) is 0 Å². The summed E-state index contributed by atoms with van der Waals surface area (Å²) < 4.78 is 40.8. The maximum atomic E-state index is 14.0. The van der Waals surface area contributed by atoms with Crippen LogP contribution in [0.1, 0.15) is 48.0 Å². The van der Waals surface area contributed by atoms with Crippen LogP contribution in [0.2, 0.25) is 0 Å². The van der Waals surface area contributed by atoms with Crippen molar-refractivity contribution in [1.29, 1.82) is 0 Å². The third kappa shape index (κ3) is 4.20. The summed E-state index contributed by atoms with van der Waals surface area (Å²) in [5, 5.41) is 11.4. The van der Waals surface area contributed by atoms with Crippen LogP contribution in [0, 0.1) is 5.82 Å². The predicted octanol–water partition coefficient (Wildman–Crippen LogP) is 2.49. The maximum Gasteiger partial charge on any atom is 0.260 e. The lowest BCUT2D eigenvalue weighted by Crippen LogP contribution is -2.30. The average molecular weight is 384 g/mol. The molecule has 1 aliphatic carbocycles. The number of rotatable bonds is 6. The van der Waals surface area contributed by atoms with Gasteiger partial charge in [-0.25, -0.2) is 17.5 Å². The summed E-state index contributed by atoms with van der Waals surface area (Å²) >= 11 is 1.24. The lowest BCUT2D eigenvalue weighted by atomic mass is 10.2. The van der Waals surface area contributed by atoms with Crippen LogP contribution in [0.25, 0.3) is 0 Å². The summed E-state index contributed by atoms with van der Waals surface area (Å²) in [6.07, 6.45) is 2.11. The Morgan fingerprint density at radius 3 is 2.68 bits per heavy atom. The van der Waals surface area contributed by atoms with E-state index in [2.05, 4.69) is 20.2 Å². The molecular formula is C15H17FN4O3S2. The van der Waals surface area contributed by atoms with Crippen LogP contribution in [0.4, 0.5) is 9.52 Å². The molecule has 1 heterocycles. The van der Waals surface area contributed by atoms with Crippen molar-refractivity contribution in [2.45, 2.75) is 43.5 Å². The molecule has 7 nitrogen and oxygen atoms in total. The molecule has 0 unspecified atom stereocenters. The molecule has 0 saturated heterocycles. The number of halogens is 1. The maximum absolute atomic E-state index is 14.0. The van der Waals surface area contributed by atoms with Crippen molar-refractivity contribution in [3.8, 4) is 0 Å². The molecule has 0 aliphatic heterocycles. The van der Waals surface area contributed by atoms with Crippen LogP contribution >= 0.6 is 11.3 Å². The Morgan fingerprint density at radius 1 is 1.32 bits per heavy atom. The number of anilines is 1. The molecule has 0 bridgehead atoms. The Bertz CT molecular complexity index is 907. The Morgan fingerprint density at radius 2 is 2.04 bits per heavy atom. The number of amides is 1. The largest absolute Gasteiger partial charge is 0.296 e. The third-order valence-corrected chi connectivity index (χ3v) is 6.13. The lowest BCUT2D eigenvalue weighted by molar-refractivity contribution is 0.102. The molecule has 1 saturated carbocycles. The second kappa shape index (κ2) is 6.77. The van der Waals surface area contributed by atoms with Gasteiger partial charge >= 0.3 is 0 Å². The van der Waals surface area contributed by atoms with E-state index in [-0.39, 0.29) is 21.6 Å². The van der Waals surface area contributed by atoms with Crippen molar-refractivity contribution in [2.75, 3.05) is 5.32 Å². The zero-order valence-corrected chi connectivity index (χ0v) is 15.2. The number of aromatic nitrogens is 2. The molecule has 25 heavy (non-hydrogen) atoms. The molecule has 2 aromatic rings. The van der Waals surface area contributed by atoms with E-state index in [9.17, 15) is 17.6 Å². The highest BCUT2D eigenvalue weighted by molar-refractivity contribution is 7.89. The first kappa shape index (κ1) is 17.9. The topological polar surface area (TPSA) is 101 Å². The highest BCUT2D eigenvalue weighted by Crippen LogP contribution is 2.42. The summed E-state index contributed by atoms with van der Waals surface area (Å²) in [5.74, 6) is -1.18. The number of nitrogens with one attached hydrogen (secondary N) is 2. The summed E-state index contributed by atoms with van der Waals surface area (Å²) in [7, 11) is -3.83. The Kier molecular flexibility index (Phi) is 4.85. The fraction of sp³-hybridized carbons (Fsp3) is 0.400. The van der Waals surface area contributed by atoms with Crippen LogP contribution in [0.5, 0.6) is 0 Å². The normalized spacial score (nSPS) is 14.7. The summed E-state index contributed by atoms with van der Waals surface area (Å²) in [6, 6.07) is 2.76. The number of sulfonamides is 1. The van der Waals surface area contributed by atoms with Gasteiger partial charge in [-0.2, -0.15) is 0 Å². The molecule has 3 rings (SSSR count). The number of carbonyl (C=O) groups excluding carboxylic acids is 1. The Labute approximate surface area is 148 Å². The van der Waals surface area contributed by atoms with E-state index in [1.165, 1.54) is 11.3 Å². The molecule has 1 aliphatic rings. The molecular weight excluding hydrogens is 367 g/mol. The minimum Gasteiger partial charge on any atom is -0.296 e. The minimum atomic E-state index is -3.83. The Balaban J connectivity index is 1.82. The van der Waals surface area contributed by atoms with Gasteiger partial charge in [0.15, 0.2) is 0 Å². The van der Waals surface area contributed by atoms with Gasteiger partial charge in [-0.15, -0.1) is 10.2 Å². The van der Waals surface area contributed by atoms with Gasteiger partial charge in [0.25, 0.3) is 5.91 Å². The smallest absolute Gasteiger partial charge is 0.260 e. The first-order chi connectivity index (χ1) is 11.8. The molecule has 1 aromatic carbocycles. The van der Waals surface area contributed by atoms with Crippen LogP contribution in [-0.4, -0.2) is 30.6 Å². The van der Waals surface area contributed by atoms with Crippen molar-refractivity contribution in [1.82, 2.24) is 14.9 Å². The van der Waals surface area contributed by atoms with E-state index < -0.39 is 21.7 Å². The molecule has 1 aromatic heterocycles. The van der Waals surface area contributed by atoms with Crippen molar-refractivity contribution in [2.24, 2.45) is 0 Å². The second-order valence-electron chi connectivity index (χ2n) is 6.09. The molecule has 0 radical (unpaired) electrons. The van der Waals surface area contributed by atoms with Gasteiger partial charge in [-0.1, -0.05) is 11.3 Å². The fourth-order valence-electron chi connectivity index (χ4n) is 2.17. The standard InChI is InChI=1S/C15H17FN4O3S2/c1-8(2)20-25(22,23)10-5-6-12(16)11(7-10)13(21)17-15-19-18-14(24-15)9-3-4-9/h5-9,20H,3-4H2,1-2H3,(H,17,19,21). The number of nitrogens with zero attached hydrogens (tertiary/aromatic N) is 2. The summed E-state index contributed by atoms with van der Waals surface area (Å²) in [5.41, 5.74) is -0.366. The molecule has 1 amide bonds. The zero-order chi connectivity index (χ0) is 18.2. The number of hydrogen-bond donors (Lipinski definition) is 2. The van der Waals surface area contributed by atoms with Gasteiger partial charge in [0.2, 0.25) is 15.2 Å². The van der Waals surface area contributed by atoms with E-state index in [0.717, 1.165) is 36.0 Å². The Hall–Kier alpha value is -1.91. The van der Waals surface area contributed by atoms with Gasteiger partial charge < -0.3 is 0 Å². The number of benzene rings is 1. The monoisotopic (exact) mass is 384 g/mol. The van der Waals surface area contributed by atoms with Crippen LogP contribution < -0.4 is 10.0 Å². The van der Waals surface area contributed by atoms with Crippen LogP contribution in [0.3, 0.4) is 0 Å². The molecule has 1 fully saturated rings. The van der Waals surface area contributed by atoms with Gasteiger partial charge in [0.05, 0.1) is 10.5 Å². The highest BCUT2D eigenvalue weighted by atomic mass is 32.2. The van der Waals surface area contributed by atoms with Gasteiger partial charge in [-0.05, 0) is 44.9 Å². The quantitative estimate of drug-likeness (QED) is 0.797. The number of carbonyl (C=O) groups is 1. The van der Waals surface area contributed by atoms with E-state index >= 15 is 0 Å². The van der Waals surface area contributed by atoms with Gasteiger partial charge in [0, 0.05) is 12.0 Å². The van der Waals surface area contributed by atoms with Crippen molar-refractivity contribution >= 4 is 32.4 Å². The third-order valence-electron chi connectivity index (χ3n) is 3.47. The van der Waals surface area contributed by atoms with E-state index in [1.54, 1.807) is 13.8 Å². The van der Waals surface area contributed by atoms with Crippen LogP contribution in [0.15, 0.2) is 23.1 Å². The van der Waals surface area contributed by atoms with Crippen molar-refractivity contribution < 1.29 is 17.6 Å². The summed E-state index contributed by atoms with van der Waals surface area (Å²) in [6.45, 7) is 3.34. The summed E-state index contributed by atoms with van der Waals surface area (Å²) in [4.78, 5) is 12.1. The van der Waals surface area contributed by atoms with Crippen molar-refractivity contribution in [3.05, 3.63) is 34.6 Å². The van der Waals surface area contributed by atoms with Crippen molar-refractivity contribution in [3.63, 3.8) is 0 Å². The van der Waals surface area contributed by atoms with Crippen LogP contribution in [-0.2, 0) is 10.0 Å². The van der Waals surface area contributed by atoms with E-state index in [4.69, 9.17) is 0 Å². The van der Waals surface area contributed by atoms with E-state index in [0.29, 0.717) is 5.92 Å². The predicted molar refractivity (Wildman–Crippen MR) is 91.7 cm³/mol. The SMILES string of the molecule is CC(C)NS(=O)(=O)c1ccc(F)c(C(=O)Nc2nnc(C3CC3)s2)c1. The highest BCUT2D eigenvalue weighted by Gasteiger charge is 2.28. The number of hydrogen-bond acceptors (Lipinski definition) is 6. The zero-order valence-electron chi connectivity index (χ0n) is 13.6. The molecule has 2 N–H and O–H groups in total. The molecule has 0 spiro atoms. The first-order valence-corrected chi connectivity index (χ1v) is 10.0. The fourth-order valence-corrected chi connectivity index (χ4v) is 4.35. The van der Waals surface area contributed by atoms with Gasteiger partial charge in [-0.3, -0.25) is 10.1 Å². The lowest BCUT2D eigenvalue weighted by Gasteiger charge is -2.11. The molecule has 10 heteroatoms. The minimum absolute atomic E-state index is 0.177.